The van der Waals surface area contributed by atoms with Crippen LogP contribution in [0.5, 0.6) is 5.88 Å². The normalized spacial score (nSPS) is 10.9. The molecule has 25 heavy (non-hydrogen) atoms. The van der Waals surface area contributed by atoms with Crippen LogP contribution >= 0.6 is 11.3 Å². The van der Waals surface area contributed by atoms with Crippen LogP contribution in [-0.4, -0.2) is 19.6 Å². The van der Waals surface area contributed by atoms with E-state index in [1.807, 2.05) is 60.8 Å². The zero-order valence-corrected chi connectivity index (χ0v) is 14.0. The molecule has 0 spiro atoms. The van der Waals surface area contributed by atoms with Crippen molar-refractivity contribution in [2.75, 3.05) is 0 Å². The Labute approximate surface area is 147 Å². The smallest absolute Gasteiger partial charge is 0.307 e. The first-order valence-corrected chi connectivity index (χ1v) is 8.60. The Bertz CT molecular complexity index is 1050. The van der Waals surface area contributed by atoms with Gasteiger partial charge in [0.1, 0.15) is 5.82 Å². The minimum Gasteiger partial charge on any atom is -0.493 e. The molecule has 0 aliphatic rings. The SMILES string of the molecule is O=c1[nH]c(O)c(-c2ccc(Cn3ccnc3-c3ccccc3)cc2)s1. The zero-order valence-electron chi connectivity index (χ0n) is 13.2. The Balaban J connectivity index is 1.60. The zero-order chi connectivity index (χ0) is 17.2. The number of hydrogen-bond acceptors (Lipinski definition) is 4. The molecule has 5 nitrogen and oxygen atoms in total. The highest BCUT2D eigenvalue weighted by atomic mass is 32.1. The summed E-state index contributed by atoms with van der Waals surface area (Å²) in [7, 11) is 0. The summed E-state index contributed by atoms with van der Waals surface area (Å²) in [5.41, 5.74) is 3.01. The van der Waals surface area contributed by atoms with E-state index in [1.54, 1.807) is 6.20 Å². The first-order valence-electron chi connectivity index (χ1n) is 7.78. The molecule has 2 N–H and O–H groups in total. The van der Waals surface area contributed by atoms with Gasteiger partial charge in [-0.05, 0) is 11.1 Å². The minimum absolute atomic E-state index is 0.0799. The van der Waals surface area contributed by atoms with Gasteiger partial charge in [-0.15, -0.1) is 0 Å². The van der Waals surface area contributed by atoms with Crippen LogP contribution in [0.3, 0.4) is 0 Å². The Morgan fingerprint density at radius 2 is 1.80 bits per heavy atom. The van der Waals surface area contributed by atoms with E-state index in [9.17, 15) is 9.90 Å². The molecule has 6 heteroatoms. The van der Waals surface area contributed by atoms with Gasteiger partial charge >= 0.3 is 4.87 Å². The summed E-state index contributed by atoms with van der Waals surface area (Å²) in [6.07, 6.45) is 3.76. The average Bonchev–Trinajstić information content (AvgIpc) is 3.22. The lowest BCUT2D eigenvalue weighted by molar-refractivity contribution is 0.458. The molecular formula is C19H15N3O2S. The Morgan fingerprint density at radius 1 is 1.04 bits per heavy atom. The highest BCUT2D eigenvalue weighted by molar-refractivity contribution is 7.13. The van der Waals surface area contributed by atoms with Crippen LogP contribution in [-0.2, 0) is 6.54 Å². The summed E-state index contributed by atoms with van der Waals surface area (Å²) in [5.74, 6) is 0.842. The number of H-pyrrole nitrogens is 1. The second-order valence-corrected chi connectivity index (χ2v) is 6.62. The van der Waals surface area contributed by atoms with Crippen LogP contribution in [0.1, 0.15) is 5.56 Å². The van der Waals surface area contributed by atoms with Gasteiger partial charge in [0.15, 0.2) is 0 Å². The molecule has 0 fully saturated rings. The Kier molecular flexibility index (Phi) is 3.95. The molecule has 0 aliphatic heterocycles. The predicted octanol–water partition coefficient (Wildman–Crippen LogP) is 3.72. The number of nitrogens with zero attached hydrogens (tertiary/aromatic N) is 2. The van der Waals surface area contributed by atoms with Crippen molar-refractivity contribution in [3.8, 4) is 27.7 Å². The van der Waals surface area contributed by atoms with E-state index in [0.717, 1.165) is 33.9 Å². The molecule has 0 radical (unpaired) electrons. The standard InChI is InChI=1S/C19H15N3O2S/c23-18-16(25-19(24)21-18)14-8-6-13(7-9-14)12-22-11-10-20-17(22)15-4-2-1-3-5-15/h1-11,23H,12H2,(H,21,24). The van der Waals surface area contributed by atoms with Gasteiger partial charge in [0, 0.05) is 24.5 Å². The third-order valence-corrected chi connectivity index (χ3v) is 4.87. The van der Waals surface area contributed by atoms with E-state index in [1.165, 1.54) is 0 Å². The number of aromatic amines is 1. The minimum atomic E-state index is -0.262. The van der Waals surface area contributed by atoms with Crippen molar-refractivity contribution in [2.45, 2.75) is 6.54 Å². The van der Waals surface area contributed by atoms with E-state index >= 15 is 0 Å². The van der Waals surface area contributed by atoms with Gasteiger partial charge in [-0.3, -0.25) is 9.78 Å². The molecule has 0 saturated carbocycles. The van der Waals surface area contributed by atoms with E-state index < -0.39 is 0 Å². The second kappa shape index (κ2) is 6.41. The van der Waals surface area contributed by atoms with Crippen LogP contribution in [0.4, 0.5) is 0 Å². The van der Waals surface area contributed by atoms with Gasteiger partial charge < -0.3 is 9.67 Å². The number of imidazole rings is 1. The van der Waals surface area contributed by atoms with Gasteiger partial charge in [-0.2, -0.15) is 0 Å². The summed E-state index contributed by atoms with van der Waals surface area (Å²) >= 11 is 1.00. The molecule has 0 unspecified atom stereocenters. The molecule has 4 rings (SSSR count). The lowest BCUT2D eigenvalue weighted by Gasteiger charge is -2.09. The van der Waals surface area contributed by atoms with Crippen LogP contribution in [0.25, 0.3) is 21.8 Å². The van der Waals surface area contributed by atoms with Gasteiger partial charge in [0.25, 0.3) is 0 Å². The molecule has 0 bridgehead atoms. The van der Waals surface area contributed by atoms with E-state index in [4.69, 9.17) is 0 Å². The third-order valence-electron chi connectivity index (χ3n) is 3.95. The molecule has 2 aromatic carbocycles. The quantitative estimate of drug-likeness (QED) is 0.590. The van der Waals surface area contributed by atoms with Gasteiger partial charge in [0.05, 0.1) is 4.88 Å². The van der Waals surface area contributed by atoms with Crippen molar-refractivity contribution < 1.29 is 5.11 Å². The summed E-state index contributed by atoms with van der Waals surface area (Å²) in [6, 6.07) is 17.9. The number of rotatable bonds is 4. The molecule has 4 aromatic rings. The van der Waals surface area contributed by atoms with Gasteiger partial charge in [-0.25, -0.2) is 4.98 Å². The maximum Gasteiger partial charge on any atom is 0.307 e. The first kappa shape index (κ1) is 15.4. The number of hydrogen-bond donors (Lipinski definition) is 2. The molecule has 124 valence electrons. The van der Waals surface area contributed by atoms with Crippen LogP contribution in [0.15, 0.2) is 71.8 Å². The summed E-state index contributed by atoms with van der Waals surface area (Å²) in [6.45, 7) is 0.694. The Morgan fingerprint density at radius 3 is 2.48 bits per heavy atom. The predicted molar refractivity (Wildman–Crippen MR) is 98.8 cm³/mol. The third kappa shape index (κ3) is 3.12. The fraction of sp³-hybridized carbons (Fsp3) is 0.0526. The van der Waals surface area contributed by atoms with Crippen molar-refractivity contribution in [3.05, 3.63) is 82.2 Å². The van der Waals surface area contributed by atoms with E-state index in [2.05, 4.69) is 14.5 Å². The topological polar surface area (TPSA) is 70.9 Å². The van der Waals surface area contributed by atoms with Crippen molar-refractivity contribution in [1.29, 1.82) is 0 Å². The van der Waals surface area contributed by atoms with Gasteiger partial charge in [0.2, 0.25) is 5.88 Å². The lowest BCUT2D eigenvalue weighted by atomic mass is 10.1. The molecule has 0 saturated heterocycles. The summed E-state index contributed by atoms with van der Waals surface area (Å²) in [4.78, 5) is 18.5. The van der Waals surface area contributed by atoms with E-state index in [-0.39, 0.29) is 10.8 Å². The molecular weight excluding hydrogens is 334 g/mol. The maximum atomic E-state index is 11.3. The largest absolute Gasteiger partial charge is 0.493 e. The summed E-state index contributed by atoms with van der Waals surface area (Å²) < 4.78 is 2.09. The van der Waals surface area contributed by atoms with Crippen molar-refractivity contribution in [3.63, 3.8) is 0 Å². The van der Waals surface area contributed by atoms with Crippen molar-refractivity contribution >= 4 is 11.3 Å². The Hall–Kier alpha value is -3.12. The van der Waals surface area contributed by atoms with Crippen molar-refractivity contribution in [1.82, 2.24) is 14.5 Å². The number of benzene rings is 2. The van der Waals surface area contributed by atoms with Gasteiger partial charge in [-0.1, -0.05) is 65.9 Å². The molecule has 0 amide bonds. The molecule has 2 aromatic heterocycles. The van der Waals surface area contributed by atoms with Crippen LogP contribution in [0.2, 0.25) is 0 Å². The monoisotopic (exact) mass is 349 g/mol. The lowest BCUT2D eigenvalue weighted by Crippen LogP contribution is -2.00. The summed E-state index contributed by atoms with van der Waals surface area (Å²) in [5, 5.41) is 9.77. The molecule has 0 atom stereocenters. The number of aromatic nitrogens is 3. The molecule has 0 aliphatic carbocycles. The highest BCUT2D eigenvalue weighted by Crippen LogP contribution is 2.30. The number of nitrogens with one attached hydrogen (secondary N) is 1. The molecule has 2 heterocycles. The fourth-order valence-corrected chi connectivity index (χ4v) is 3.49. The van der Waals surface area contributed by atoms with Crippen LogP contribution in [0, 0.1) is 0 Å². The van der Waals surface area contributed by atoms with Crippen LogP contribution < -0.4 is 4.87 Å². The number of aromatic hydroxyl groups is 1. The van der Waals surface area contributed by atoms with Crippen molar-refractivity contribution in [2.24, 2.45) is 0 Å². The highest BCUT2D eigenvalue weighted by Gasteiger charge is 2.10. The first-order chi connectivity index (χ1) is 12.2. The number of thiazole rings is 1. The fourth-order valence-electron chi connectivity index (χ4n) is 2.76. The average molecular weight is 349 g/mol. The second-order valence-electron chi connectivity index (χ2n) is 5.63. The maximum absolute atomic E-state index is 11.3. The van der Waals surface area contributed by atoms with E-state index in [0.29, 0.717) is 11.4 Å².